The summed E-state index contributed by atoms with van der Waals surface area (Å²) in [6.45, 7) is 0. The van der Waals surface area contributed by atoms with Gasteiger partial charge in [-0.05, 0) is 12.5 Å². The van der Waals surface area contributed by atoms with Crippen LogP contribution in [0.15, 0.2) is 30.5 Å². The number of hydrogen-bond donors (Lipinski definition) is 1. The highest BCUT2D eigenvalue weighted by Gasteiger charge is 2.22. The molecule has 0 unspecified atom stereocenters. The van der Waals surface area contributed by atoms with Crippen LogP contribution in [0.1, 0.15) is 23.2 Å². The SMILES string of the molecule is Cn1cc(C(=O)[C@@H]([NH3+])CCC(=O)[O-])c2ccccc21. The number of hydrogen-bond acceptors (Lipinski definition) is 3. The van der Waals surface area contributed by atoms with Gasteiger partial charge < -0.3 is 20.2 Å². The maximum absolute atomic E-state index is 12.3. The normalized spacial score (nSPS) is 12.5. The van der Waals surface area contributed by atoms with E-state index in [1.807, 2.05) is 35.9 Å². The highest BCUT2D eigenvalue weighted by atomic mass is 16.4. The molecule has 100 valence electrons. The highest BCUT2D eigenvalue weighted by Crippen LogP contribution is 2.21. The number of aromatic nitrogens is 1. The molecule has 0 saturated carbocycles. The van der Waals surface area contributed by atoms with Gasteiger partial charge >= 0.3 is 0 Å². The third-order valence-corrected chi connectivity index (χ3v) is 3.23. The first-order chi connectivity index (χ1) is 9.00. The second kappa shape index (κ2) is 5.24. The van der Waals surface area contributed by atoms with E-state index in [9.17, 15) is 14.7 Å². The minimum absolute atomic E-state index is 0.127. The summed E-state index contributed by atoms with van der Waals surface area (Å²) in [5.41, 5.74) is 5.32. The Hall–Kier alpha value is -2.14. The number of benzene rings is 1. The molecule has 19 heavy (non-hydrogen) atoms. The average Bonchev–Trinajstić information content (AvgIpc) is 2.73. The Morgan fingerprint density at radius 2 is 2.05 bits per heavy atom. The molecule has 3 N–H and O–H groups in total. The van der Waals surface area contributed by atoms with Crippen molar-refractivity contribution in [3.05, 3.63) is 36.0 Å². The molecule has 1 aromatic heterocycles. The number of carboxylic acid groups (broad SMARTS) is 1. The smallest absolute Gasteiger partial charge is 0.221 e. The van der Waals surface area contributed by atoms with Crippen molar-refractivity contribution in [1.82, 2.24) is 4.57 Å². The minimum atomic E-state index is -1.15. The van der Waals surface area contributed by atoms with Crippen molar-refractivity contribution in [3.8, 4) is 0 Å². The summed E-state index contributed by atoms with van der Waals surface area (Å²) in [5.74, 6) is -1.28. The lowest BCUT2D eigenvalue weighted by Gasteiger charge is -2.07. The number of nitrogens with zero attached hydrogens (tertiary/aromatic N) is 1. The Kier molecular flexibility index (Phi) is 3.66. The molecular formula is C14H16N2O3. The summed E-state index contributed by atoms with van der Waals surface area (Å²) in [6.07, 6.45) is 1.82. The van der Waals surface area contributed by atoms with E-state index in [2.05, 4.69) is 5.73 Å². The van der Waals surface area contributed by atoms with Crippen LogP contribution in [0.2, 0.25) is 0 Å². The predicted octanol–water partition coefficient (Wildman–Crippen LogP) is -0.498. The lowest BCUT2D eigenvalue weighted by atomic mass is 10.0. The molecule has 2 rings (SSSR count). The van der Waals surface area contributed by atoms with E-state index in [-0.39, 0.29) is 18.6 Å². The number of carbonyl (C=O) groups is 2. The maximum atomic E-state index is 12.3. The Labute approximate surface area is 110 Å². The zero-order chi connectivity index (χ0) is 14.0. The fourth-order valence-corrected chi connectivity index (χ4v) is 2.18. The van der Waals surface area contributed by atoms with Crippen LogP contribution in [-0.2, 0) is 11.8 Å². The lowest BCUT2D eigenvalue weighted by molar-refractivity contribution is -0.401. The summed E-state index contributed by atoms with van der Waals surface area (Å²) in [5, 5.41) is 11.3. The fraction of sp³-hybridized carbons (Fsp3) is 0.286. The van der Waals surface area contributed by atoms with Crippen molar-refractivity contribution in [3.63, 3.8) is 0 Å². The van der Waals surface area contributed by atoms with E-state index in [0.29, 0.717) is 5.56 Å². The average molecular weight is 260 g/mol. The molecule has 5 nitrogen and oxygen atoms in total. The molecule has 0 aliphatic heterocycles. The lowest BCUT2D eigenvalue weighted by Crippen LogP contribution is -2.65. The molecule has 1 atom stereocenters. The van der Waals surface area contributed by atoms with Crippen LogP contribution in [-0.4, -0.2) is 22.4 Å². The first-order valence-corrected chi connectivity index (χ1v) is 6.12. The van der Waals surface area contributed by atoms with Crippen molar-refractivity contribution < 1.29 is 20.4 Å². The molecule has 1 heterocycles. The largest absolute Gasteiger partial charge is 0.550 e. The van der Waals surface area contributed by atoms with Gasteiger partial charge in [-0.3, -0.25) is 4.79 Å². The van der Waals surface area contributed by atoms with Crippen LogP contribution in [0.25, 0.3) is 10.9 Å². The van der Waals surface area contributed by atoms with Gasteiger partial charge in [0, 0.05) is 42.1 Å². The first-order valence-electron chi connectivity index (χ1n) is 6.12. The number of carboxylic acids is 1. The maximum Gasteiger partial charge on any atom is 0.221 e. The van der Waals surface area contributed by atoms with Gasteiger partial charge in [-0.2, -0.15) is 0 Å². The van der Waals surface area contributed by atoms with Crippen molar-refractivity contribution in [2.45, 2.75) is 18.9 Å². The Bertz CT molecular complexity index is 631. The number of carbonyl (C=O) groups excluding carboxylic acids is 2. The van der Waals surface area contributed by atoms with Gasteiger partial charge in [-0.15, -0.1) is 0 Å². The number of aryl methyl sites for hydroxylation is 1. The molecule has 0 amide bonds. The van der Waals surface area contributed by atoms with Gasteiger partial charge in [0.05, 0.1) is 0 Å². The van der Waals surface area contributed by atoms with Crippen LogP contribution >= 0.6 is 0 Å². The summed E-state index contributed by atoms with van der Waals surface area (Å²) in [7, 11) is 1.87. The standard InChI is InChI=1S/C14H16N2O3/c1-16-8-10(9-4-2-3-5-12(9)16)14(19)11(15)6-7-13(17)18/h2-5,8,11H,6-7,15H2,1H3,(H,17,18)/t11-/m0/s1. The number of fused-ring (bicyclic) bond motifs is 1. The van der Waals surface area contributed by atoms with Crippen molar-refractivity contribution in [2.75, 3.05) is 0 Å². The van der Waals surface area contributed by atoms with Crippen LogP contribution in [0.5, 0.6) is 0 Å². The molecule has 1 aromatic carbocycles. The molecule has 0 saturated heterocycles. The zero-order valence-electron chi connectivity index (χ0n) is 10.8. The Balaban J connectivity index is 2.29. The molecule has 2 aromatic rings. The number of rotatable bonds is 5. The van der Waals surface area contributed by atoms with E-state index < -0.39 is 12.0 Å². The summed E-state index contributed by atoms with van der Waals surface area (Å²) in [6, 6.07) is 7.04. The highest BCUT2D eigenvalue weighted by molar-refractivity contribution is 6.09. The van der Waals surface area contributed by atoms with Gasteiger partial charge in [0.1, 0.15) is 6.04 Å². The van der Waals surface area contributed by atoms with Gasteiger partial charge in [0.25, 0.3) is 0 Å². The molecular weight excluding hydrogens is 244 g/mol. The first kappa shape index (κ1) is 13.3. The number of quaternary nitrogens is 1. The van der Waals surface area contributed by atoms with Crippen LogP contribution < -0.4 is 10.8 Å². The second-order valence-electron chi connectivity index (χ2n) is 4.64. The summed E-state index contributed by atoms with van der Waals surface area (Å²) >= 11 is 0. The number of aliphatic carboxylic acids is 1. The van der Waals surface area contributed by atoms with Gasteiger partial charge in [-0.1, -0.05) is 18.2 Å². The third kappa shape index (κ3) is 2.66. The second-order valence-corrected chi connectivity index (χ2v) is 4.64. The molecule has 5 heteroatoms. The fourth-order valence-electron chi connectivity index (χ4n) is 2.18. The van der Waals surface area contributed by atoms with Crippen LogP contribution in [0.3, 0.4) is 0 Å². The topological polar surface area (TPSA) is 89.8 Å². The number of ketones is 1. The third-order valence-electron chi connectivity index (χ3n) is 3.23. The van der Waals surface area contributed by atoms with Gasteiger partial charge in [-0.25, -0.2) is 0 Å². The molecule has 0 spiro atoms. The van der Waals surface area contributed by atoms with Crippen molar-refractivity contribution in [1.29, 1.82) is 0 Å². The quantitative estimate of drug-likeness (QED) is 0.735. The molecule has 0 aliphatic rings. The number of para-hydroxylation sites is 1. The Morgan fingerprint density at radius 1 is 1.37 bits per heavy atom. The molecule has 0 fully saturated rings. The van der Waals surface area contributed by atoms with Crippen molar-refractivity contribution >= 4 is 22.7 Å². The number of Topliss-reactive ketones (excluding diaryl/α,β-unsaturated/α-hetero) is 1. The van der Waals surface area contributed by atoms with E-state index in [1.165, 1.54) is 0 Å². The van der Waals surface area contributed by atoms with Crippen molar-refractivity contribution in [2.24, 2.45) is 7.05 Å². The van der Waals surface area contributed by atoms with Crippen LogP contribution in [0.4, 0.5) is 0 Å². The van der Waals surface area contributed by atoms with E-state index in [1.54, 1.807) is 6.20 Å². The van der Waals surface area contributed by atoms with E-state index >= 15 is 0 Å². The summed E-state index contributed by atoms with van der Waals surface area (Å²) < 4.78 is 1.88. The van der Waals surface area contributed by atoms with E-state index in [4.69, 9.17) is 0 Å². The monoisotopic (exact) mass is 260 g/mol. The molecule has 0 radical (unpaired) electrons. The van der Waals surface area contributed by atoms with Crippen LogP contribution in [0, 0.1) is 0 Å². The minimum Gasteiger partial charge on any atom is -0.550 e. The predicted molar refractivity (Wildman–Crippen MR) is 68.2 cm³/mol. The van der Waals surface area contributed by atoms with Gasteiger partial charge in [0.15, 0.2) is 0 Å². The molecule has 0 bridgehead atoms. The zero-order valence-corrected chi connectivity index (χ0v) is 10.8. The van der Waals surface area contributed by atoms with E-state index in [0.717, 1.165) is 10.9 Å². The van der Waals surface area contributed by atoms with Gasteiger partial charge in [0.2, 0.25) is 5.78 Å². The Morgan fingerprint density at radius 3 is 2.74 bits per heavy atom. The molecule has 0 aliphatic carbocycles. The summed E-state index contributed by atoms with van der Waals surface area (Å²) in [4.78, 5) is 22.7.